The Labute approximate surface area is 807 Å². The van der Waals surface area contributed by atoms with Gasteiger partial charge in [0.25, 0.3) is 0 Å². The second-order valence-corrected chi connectivity index (χ2v) is 37.8. The van der Waals surface area contributed by atoms with Crippen LogP contribution < -0.4 is 5.22 Å². The van der Waals surface area contributed by atoms with Crippen LogP contribution >= 0.6 is 0 Å². The molecule has 29 aromatic carbocycles. The number of fused-ring (bicyclic) bond motifs is 46. The highest BCUT2D eigenvalue weighted by atomic mass is 14.3. The number of hydrogen-bond donors (Lipinski definition) is 0. The van der Waals surface area contributed by atoms with Crippen LogP contribution in [0.15, 0.2) is 497 Å². The highest BCUT2D eigenvalue weighted by molar-refractivity contribution is 6.43. The van der Waals surface area contributed by atoms with Crippen molar-refractivity contribution in [1.29, 1.82) is 0 Å². The predicted molar refractivity (Wildman–Crippen MR) is 604 cm³/mol. The van der Waals surface area contributed by atoms with Crippen LogP contribution in [0, 0.1) is 0 Å². The molecule has 0 heteroatoms. The summed E-state index contributed by atoms with van der Waals surface area (Å²) in [4.78, 5) is 0. The van der Waals surface area contributed by atoms with Gasteiger partial charge in [0.1, 0.15) is 0 Å². The van der Waals surface area contributed by atoms with Crippen molar-refractivity contribution in [3.8, 4) is 89.0 Å². The van der Waals surface area contributed by atoms with Crippen molar-refractivity contribution in [3.05, 3.63) is 508 Å². The molecule has 0 amide bonds. The Morgan fingerprint density at radius 3 is 0.850 bits per heavy atom. The molecule has 0 saturated heterocycles. The lowest BCUT2D eigenvalue weighted by Gasteiger charge is -2.24. The van der Waals surface area contributed by atoms with Crippen LogP contribution in [-0.2, 0) is 0 Å². The molecule has 0 bridgehead atoms. The second kappa shape index (κ2) is 31.6. The van der Waals surface area contributed by atoms with Gasteiger partial charge >= 0.3 is 0 Å². The third kappa shape index (κ3) is 12.1. The van der Waals surface area contributed by atoms with Gasteiger partial charge in [0.2, 0.25) is 0 Å². The van der Waals surface area contributed by atoms with Crippen LogP contribution in [0.1, 0.15) is 5.56 Å². The van der Waals surface area contributed by atoms with Crippen molar-refractivity contribution < 1.29 is 0 Å². The van der Waals surface area contributed by atoms with E-state index in [1.807, 2.05) is 0 Å². The van der Waals surface area contributed by atoms with E-state index < -0.39 is 0 Å². The van der Waals surface area contributed by atoms with Crippen molar-refractivity contribution in [2.24, 2.45) is 0 Å². The first kappa shape index (κ1) is 79.0. The minimum atomic E-state index is 1.13. The number of hydrogen-bond acceptors (Lipinski definition) is 0. The molecule has 0 heterocycles. The third-order valence-corrected chi connectivity index (χ3v) is 30.7. The summed E-state index contributed by atoms with van der Waals surface area (Å²) in [5, 5.41) is 50.7. The quantitative estimate of drug-likeness (QED) is 0.105. The fourth-order valence-corrected chi connectivity index (χ4v) is 24.7. The maximum absolute atomic E-state index is 3.34. The Balaban J connectivity index is 0.0000000896. The summed E-state index contributed by atoms with van der Waals surface area (Å²) in [6.45, 7) is 0. The minimum absolute atomic E-state index is 1.13. The lowest BCUT2D eigenvalue weighted by molar-refractivity contribution is 1.53. The lowest BCUT2D eigenvalue weighted by atomic mass is 9.79. The molecule has 0 nitrogen and oxygen atoms in total. The Morgan fingerprint density at radius 1 is 0.114 bits per heavy atom. The van der Waals surface area contributed by atoms with Crippen LogP contribution in [-0.4, -0.2) is 0 Å². The van der Waals surface area contributed by atoms with Gasteiger partial charge in [0.05, 0.1) is 0 Å². The first-order valence-electron chi connectivity index (χ1n) is 48.7. The Hall–Kier alpha value is -18.4. The van der Waals surface area contributed by atoms with E-state index in [1.165, 1.54) is 299 Å². The molecule has 0 unspecified atom stereocenters. The molecule has 140 heavy (non-hydrogen) atoms. The molecular formula is C140H82. The maximum atomic E-state index is 3.34. The zero-order valence-corrected chi connectivity index (χ0v) is 76.3. The molecule has 3 aliphatic carbocycles. The largest absolute Gasteiger partial charge is 0.0689 e. The van der Waals surface area contributed by atoms with Crippen molar-refractivity contribution >= 4 is 216 Å². The molecule has 0 fully saturated rings. The number of rotatable bonds is 0. The van der Waals surface area contributed by atoms with E-state index in [4.69, 9.17) is 0 Å². The van der Waals surface area contributed by atoms with E-state index in [-0.39, 0.29) is 0 Å². The average molecular weight is 1760 g/mol. The van der Waals surface area contributed by atoms with E-state index >= 15 is 0 Å². The Bertz CT molecular complexity index is 10400. The van der Waals surface area contributed by atoms with Gasteiger partial charge in [-0.15, -0.1) is 0 Å². The smallest absolute Gasteiger partial charge is 0.0334 e. The van der Waals surface area contributed by atoms with Gasteiger partial charge in [-0.25, -0.2) is 0 Å². The zero-order chi connectivity index (χ0) is 91.7. The van der Waals surface area contributed by atoms with Gasteiger partial charge in [0, 0.05) is 10.6 Å². The average Bonchev–Trinajstić information content (AvgIpc) is 0.703. The van der Waals surface area contributed by atoms with Crippen molar-refractivity contribution in [2.45, 2.75) is 0 Å². The van der Waals surface area contributed by atoms with E-state index in [9.17, 15) is 0 Å². The predicted octanol–water partition coefficient (Wildman–Crippen LogP) is 38.5. The van der Waals surface area contributed by atoms with Gasteiger partial charge in [-0.1, -0.05) is 479 Å². The van der Waals surface area contributed by atoms with Gasteiger partial charge in [-0.3, -0.25) is 0 Å². The number of benzene rings is 27. The highest BCUT2D eigenvalue weighted by Gasteiger charge is 2.28. The molecule has 0 N–H and O–H groups in total. The lowest BCUT2D eigenvalue weighted by Crippen LogP contribution is -2.03. The van der Waals surface area contributed by atoms with Crippen LogP contribution in [0.4, 0.5) is 0 Å². The van der Waals surface area contributed by atoms with Gasteiger partial charge < -0.3 is 0 Å². The first-order chi connectivity index (χ1) is 69.5. The summed E-state index contributed by atoms with van der Waals surface area (Å²) >= 11 is 0. The van der Waals surface area contributed by atoms with Gasteiger partial charge in [-0.2, -0.15) is 0 Å². The molecule has 0 spiro atoms. The Kier molecular flexibility index (Phi) is 17.9. The summed E-state index contributed by atoms with van der Waals surface area (Å²) in [5.41, 5.74) is 28.4. The van der Waals surface area contributed by atoms with E-state index in [2.05, 4.69) is 509 Å². The monoisotopic (exact) mass is 1760 g/mol. The SMILES string of the molecule is C1=C=c2ccc3cc4c5ccccc5c5ccccc5c5ccccc5c4c4ccc(c2c34)C=1.c1ccc2c(c1)-c1ccccc1-c1cc3ccc4c5ccccc5ccc4c3cc1-c1ccccc1-2.c1ccc2c(c1)-c1ccccc1-c1ccc3c(ccc4c5ccccc5ccc34)c1-c1ccccc1-2.c1ccc2c(c1)c1ccccc1c1c3cccc4ccc5cccc(c5c43)c1c1ccccc21. The van der Waals surface area contributed by atoms with Crippen molar-refractivity contribution in [2.75, 3.05) is 0 Å². The van der Waals surface area contributed by atoms with Crippen LogP contribution in [0.2, 0.25) is 0 Å². The van der Waals surface area contributed by atoms with Gasteiger partial charge in [-0.05, 0) is 324 Å². The van der Waals surface area contributed by atoms with Crippen molar-refractivity contribution in [1.82, 2.24) is 0 Å². The highest BCUT2D eigenvalue weighted by Crippen LogP contribution is 2.55. The molecule has 642 valence electrons. The van der Waals surface area contributed by atoms with E-state index in [1.54, 1.807) is 0 Å². The maximum Gasteiger partial charge on any atom is 0.0334 e. The summed E-state index contributed by atoms with van der Waals surface area (Å²) in [5.74, 6) is 0. The van der Waals surface area contributed by atoms with E-state index in [0.717, 1.165) is 5.22 Å². The molecule has 0 radical (unpaired) electrons. The summed E-state index contributed by atoms with van der Waals surface area (Å²) in [7, 11) is 0. The third-order valence-electron chi connectivity index (χ3n) is 30.7. The standard InChI is InChI=1S/2C36H22.C34H20.C34H18/c1-2-10-25-23(9-1)17-19-33-32(25)20-18-24-21-35-30-15-7-5-13-28(30)26-11-3-4-12-27(26)29-14-6-8-16-31(29)36(35)22-34(24)33;1-2-10-24-23(9-1)17-18-31-30(24)19-21-35-32(31)20-22-34-29-15-6-5-13-27(29)25-11-3-4-12-26(25)28-14-7-8-16-33(28)36(34)35;1-2-12-24-23(11-1)25-13-3-5-15-27(25)33-29-17-7-9-21-19-20-22-10-8-18-30(32(22)31(21)29)34(33)28-16-6-4-14-26(24)28;1-2-11-25-24(10-1)26-12-3-4-14-28(26)31-20-23-17-16-21-8-7-9-22-18-19-30(33(23)32(21)22)34(31)29-15-6-5-13-27(25)29/h2*1-22H;1-20H;1-6,9-20H. The van der Waals surface area contributed by atoms with Gasteiger partial charge in [0.15, 0.2) is 0 Å². The van der Waals surface area contributed by atoms with Crippen LogP contribution in [0.25, 0.3) is 305 Å². The fourth-order valence-electron chi connectivity index (χ4n) is 24.7. The molecule has 29 aromatic rings. The minimum Gasteiger partial charge on any atom is -0.0689 e. The molecule has 32 rings (SSSR count). The van der Waals surface area contributed by atoms with E-state index in [0.29, 0.717) is 0 Å². The molecule has 0 aromatic heterocycles. The normalized spacial score (nSPS) is 12.1. The van der Waals surface area contributed by atoms with Crippen LogP contribution in [0.3, 0.4) is 0 Å². The molecule has 3 aliphatic rings. The molecule has 0 atom stereocenters. The summed E-state index contributed by atoms with van der Waals surface area (Å²) < 4.78 is 0. The Morgan fingerprint density at radius 2 is 0.386 bits per heavy atom. The van der Waals surface area contributed by atoms with Crippen molar-refractivity contribution in [3.63, 3.8) is 0 Å². The molecular weight excluding hydrogens is 1680 g/mol. The summed E-state index contributed by atoms with van der Waals surface area (Å²) in [6, 6.07) is 181. The molecule has 0 saturated carbocycles. The first-order valence-corrected chi connectivity index (χ1v) is 48.7. The zero-order valence-electron chi connectivity index (χ0n) is 76.3. The topological polar surface area (TPSA) is 0 Å². The van der Waals surface area contributed by atoms with Crippen LogP contribution in [0.5, 0.6) is 0 Å². The molecule has 0 aliphatic heterocycles. The fraction of sp³-hybridized carbons (Fsp3) is 0. The summed E-state index contributed by atoms with van der Waals surface area (Å²) in [6.07, 6.45) is 2.05. The second-order valence-electron chi connectivity index (χ2n) is 37.8.